The van der Waals surface area contributed by atoms with Crippen molar-refractivity contribution in [2.45, 2.75) is 33.0 Å². The Morgan fingerprint density at radius 3 is 3.00 bits per heavy atom. The number of amides is 1. The smallest absolute Gasteiger partial charge is 0.410 e. The first-order valence-electron chi connectivity index (χ1n) is 6.12. The number of cyclic esters (lactones) is 1. The van der Waals surface area contributed by atoms with Crippen LogP contribution in [0.15, 0.2) is 6.33 Å². The zero-order valence-corrected chi connectivity index (χ0v) is 10.7. The lowest BCUT2D eigenvalue weighted by Gasteiger charge is -2.14. The van der Waals surface area contributed by atoms with E-state index < -0.39 is 0 Å². The summed E-state index contributed by atoms with van der Waals surface area (Å²) in [6, 6.07) is 0. The number of nitrogens with two attached hydrogens (primary N) is 1. The highest BCUT2D eigenvalue weighted by molar-refractivity contribution is 5.69. The van der Waals surface area contributed by atoms with Crippen molar-refractivity contribution in [3.63, 3.8) is 0 Å². The van der Waals surface area contributed by atoms with Crippen LogP contribution in [0.1, 0.15) is 19.7 Å². The van der Waals surface area contributed by atoms with E-state index in [1.54, 1.807) is 4.90 Å². The van der Waals surface area contributed by atoms with Crippen LogP contribution >= 0.6 is 0 Å². The summed E-state index contributed by atoms with van der Waals surface area (Å²) in [5, 5.41) is 4.16. The SMILES string of the molecule is CC(C)Cn1ncnc1CN1CC(CN)OC1=O. The molecular weight excluding hydrogens is 234 g/mol. The highest BCUT2D eigenvalue weighted by Crippen LogP contribution is 2.13. The van der Waals surface area contributed by atoms with Gasteiger partial charge in [0.25, 0.3) is 0 Å². The molecule has 0 saturated carbocycles. The molecule has 2 N–H and O–H groups in total. The van der Waals surface area contributed by atoms with Crippen molar-refractivity contribution in [3.05, 3.63) is 12.2 Å². The minimum absolute atomic E-state index is 0.209. The second kappa shape index (κ2) is 5.34. The van der Waals surface area contributed by atoms with Gasteiger partial charge < -0.3 is 10.5 Å². The van der Waals surface area contributed by atoms with Crippen LogP contribution in [0.5, 0.6) is 0 Å². The number of carbonyl (C=O) groups is 1. The summed E-state index contributed by atoms with van der Waals surface area (Å²) in [6.45, 7) is 6.30. The first-order valence-corrected chi connectivity index (χ1v) is 6.12. The van der Waals surface area contributed by atoms with Crippen molar-refractivity contribution in [1.82, 2.24) is 19.7 Å². The second-order valence-electron chi connectivity index (χ2n) is 4.87. The van der Waals surface area contributed by atoms with Gasteiger partial charge in [-0.2, -0.15) is 5.10 Å². The van der Waals surface area contributed by atoms with Crippen molar-refractivity contribution in [2.24, 2.45) is 11.7 Å². The number of carbonyl (C=O) groups excluding carboxylic acids is 1. The number of hydrogen-bond acceptors (Lipinski definition) is 5. The van der Waals surface area contributed by atoms with Gasteiger partial charge in [-0.3, -0.25) is 4.90 Å². The molecule has 1 aliphatic heterocycles. The van der Waals surface area contributed by atoms with Gasteiger partial charge in [0.05, 0.1) is 13.1 Å². The highest BCUT2D eigenvalue weighted by Gasteiger charge is 2.31. The molecule has 7 nitrogen and oxygen atoms in total. The van der Waals surface area contributed by atoms with E-state index in [9.17, 15) is 4.79 Å². The Morgan fingerprint density at radius 2 is 2.39 bits per heavy atom. The fourth-order valence-corrected chi connectivity index (χ4v) is 1.91. The van der Waals surface area contributed by atoms with Gasteiger partial charge in [0.15, 0.2) is 0 Å². The maximum Gasteiger partial charge on any atom is 0.410 e. The van der Waals surface area contributed by atoms with Crippen molar-refractivity contribution >= 4 is 6.09 Å². The average Bonchev–Trinajstić information content (AvgIpc) is 2.87. The summed E-state index contributed by atoms with van der Waals surface area (Å²) >= 11 is 0. The number of aromatic nitrogens is 3. The Labute approximate surface area is 106 Å². The third-order valence-corrected chi connectivity index (χ3v) is 2.78. The van der Waals surface area contributed by atoms with Crippen LogP contribution in [0.2, 0.25) is 0 Å². The van der Waals surface area contributed by atoms with Crippen LogP contribution in [-0.2, 0) is 17.8 Å². The summed E-state index contributed by atoms with van der Waals surface area (Å²) < 4.78 is 6.92. The van der Waals surface area contributed by atoms with Gasteiger partial charge in [-0.05, 0) is 5.92 Å². The minimum atomic E-state index is -0.329. The Bertz CT molecular complexity index is 417. The maximum atomic E-state index is 11.6. The molecule has 0 radical (unpaired) electrons. The topological polar surface area (TPSA) is 86.3 Å². The molecule has 1 amide bonds. The summed E-state index contributed by atoms with van der Waals surface area (Å²) in [5.41, 5.74) is 5.49. The van der Waals surface area contributed by atoms with Crippen LogP contribution in [0.4, 0.5) is 4.79 Å². The molecule has 1 atom stereocenters. The quantitative estimate of drug-likeness (QED) is 0.810. The molecule has 1 aromatic rings. The second-order valence-corrected chi connectivity index (χ2v) is 4.87. The van der Waals surface area contributed by atoms with Crippen molar-refractivity contribution in [3.8, 4) is 0 Å². The van der Waals surface area contributed by atoms with E-state index in [1.807, 2.05) is 4.68 Å². The Morgan fingerprint density at radius 1 is 1.61 bits per heavy atom. The first-order chi connectivity index (χ1) is 8.60. The lowest BCUT2D eigenvalue weighted by atomic mass is 10.2. The van der Waals surface area contributed by atoms with E-state index in [1.165, 1.54) is 6.33 Å². The predicted octanol–water partition coefficient (Wildman–Crippen LogP) is 0.214. The molecule has 7 heteroatoms. The van der Waals surface area contributed by atoms with Crippen LogP contribution in [-0.4, -0.2) is 45.0 Å². The summed E-state index contributed by atoms with van der Waals surface area (Å²) in [5.74, 6) is 1.26. The van der Waals surface area contributed by atoms with Crippen molar-refractivity contribution < 1.29 is 9.53 Å². The van der Waals surface area contributed by atoms with Crippen molar-refractivity contribution in [1.29, 1.82) is 0 Å². The third-order valence-electron chi connectivity index (χ3n) is 2.78. The molecule has 1 fully saturated rings. The standard InChI is InChI=1S/C11H19N5O2/c1-8(2)4-16-10(13-7-14-16)6-15-5-9(3-12)18-11(15)17/h7-9H,3-6,12H2,1-2H3. The van der Waals surface area contributed by atoms with Gasteiger partial charge in [-0.25, -0.2) is 14.5 Å². The number of nitrogens with zero attached hydrogens (tertiary/aromatic N) is 4. The largest absolute Gasteiger partial charge is 0.443 e. The molecule has 0 aliphatic carbocycles. The monoisotopic (exact) mass is 253 g/mol. The van der Waals surface area contributed by atoms with Gasteiger partial charge >= 0.3 is 6.09 Å². The molecule has 1 saturated heterocycles. The zero-order valence-electron chi connectivity index (χ0n) is 10.7. The van der Waals surface area contributed by atoms with Crippen LogP contribution in [0.25, 0.3) is 0 Å². The van der Waals surface area contributed by atoms with E-state index in [-0.39, 0.29) is 12.2 Å². The van der Waals surface area contributed by atoms with Gasteiger partial charge in [0.1, 0.15) is 18.3 Å². The highest BCUT2D eigenvalue weighted by atomic mass is 16.6. The van der Waals surface area contributed by atoms with Crippen LogP contribution < -0.4 is 5.73 Å². The first kappa shape index (κ1) is 12.8. The van der Waals surface area contributed by atoms with Crippen LogP contribution in [0, 0.1) is 5.92 Å². The van der Waals surface area contributed by atoms with Gasteiger partial charge in [0, 0.05) is 13.1 Å². The zero-order chi connectivity index (χ0) is 13.1. The van der Waals surface area contributed by atoms with E-state index in [0.29, 0.717) is 25.6 Å². The van der Waals surface area contributed by atoms with E-state index in [2.05, 4.69) is 23.9 Å². The molecule has 0 spiro atoms. The summed E-state index contributed by atoms with van der Waals surface area (Å²) in [6.07, 6.45) is 0.975. The fourth-order valence-electron chi connectivity index (χ4n) is 1.91. The van der Waals surface area contributed by atoms with Crippen molar-refractivity contribution in [2.75, 3.05) is 13.1 Å². The molecule has 1 unspecified atom stereocenters. The Hall–Kier alpha value is -1.63. The number of hydrogen-bond donors (Lipinski definition) is 1. The molecule has 1 aromatic heterocycles. The lowest BCUT2D eigenvalue weighted by Crippen LogP contribution is -2.28. The van der Waals surface area contributed by atoms with E-state index in [4.69, 9.17) is 10.5 Å². The maximum absolute atomic E-state index is 11.6. The Kier molecular flexibility index (Phi) is 3.81. The predicted molar refractivity (Wildman–Crippen MR) is 64.6 cm³/mol. The molecule has 100 valence electrons. The van der Waals surface area contributed by atoms with Crippen LogP contribution in [0.3, 0.4) is 0 Å². The Balaban J connectivity index is 2.01. The summed E-state index contributed by atoms with van der Waals surface area (Å²) in [7, 11) is 0. The molecule has 0 aromatic carbocycles. The average molecular weight is 253 g/mol. The minimum Gasteiger partial charge on any atom is -0.443 e. The van der Waals surface area contributed by atoms with Gasteiger partial charge in [-0.1, -0.05) is 13.8 Å². The fraction of sp³-hybridized carbons (Fsp3) is 0.727. The molecule has 2 heterocycles. The molecule has 1 aliphatic rings. The van der Waals surface area contributed by atoms with Gasteiger partial charge in [-0.15, -0.1) is 0 Å². The number of rotatable bonds is 5. The van der Waals surface area contributed by atoms with E-state index in [0.717, 1.165) is 12.4 Å². The molecule has 0 bridgehead atoms. The third kappa shape index (κ3) is 2.79. The van der Waals surface area contributed by atoms with E-state index >= 15 is 0 Å². The van der Waals surface area contributed by atoms with Gasteiger partial charge in [0.2, 0.25) is 0 Å². The number of ether oxygens (including phenoxy) is 1. The molecular formula is C11H19N5O2. The normalized spacial score (nSPS) is 19.7. The molecule has 2 rings (SSSR count). The molecule has 18 heavy (non-hydrogen) atoms. The lowest BCUT2D eigenvalue weighted by molar-refractivity contribution is 0.134. The summed E-state index contributed by atoms with van der Waals surface area (Å²) in [4.78, 5) is 17.4.